The van der Waals surface area contributed by atoms with Crippen molar-refractivity contribution in [3.8, 4) is 5.75 Å². The predicted molar refractivity (Wildman–Crippen MR) is 296 cm³/mol. The van der Waals surface area contributed by atoms with Gasteiger partial charge in [0.15, 0.2) is 15.7 Å². The number of rotatable bonds is 18. The number of pyridine rings is 1. The van der Waals surface area contributed by atoms with E-state index in [4.69, 9.17) is 9.72 Å². The van der Waals surface area contributed by atoms with Gasteiger partial charge in [0.2, 0.25) is 17.6 Å². The number of halogens is 1. The zero-order valence-electron chi connectivity index (χ0n) is 45.1. The number of hydrogen-bond donors (Lipinski definition) is 4. The smallest absolute Gasteiger partial charge is 0.255 e. The van der Waals surface area contributed by atoms with Gasteiger partial charge in [0.05, 0.1) is 34.5 Å². The summed E-state index contributed by atoms with van der Waals surface area (Å²) in [6, 6.07) is 10.5. The second kappa shape index (κ2) is 23.6. The van der Waals surface area contributed by atoms with Crippen LogP contribution < -0.4 is 25.6 Å². The second-order valence-corrected chi connectivity index (χ2v) is 24.8. The summed E-state index contributed by atoms with van der Waals surface area (Å²) in [5.41, 5.74) is 3.37. The van der Waals surface area contributed by atoms with E-state index in [2.05, 4.69) is 50.9 Å². The number of fused-ring (bicyclic) bond motifs is 1. The standard InChI is InChI=1S/C55H68FN13O7S2/c1-33-34(2)64-65-49(33)63-50-40-28-45(78(74,75)55(4,5)6)44(29-41(40)59-32-60-50)76-27-9-19-66-23-25-67(26-24-66)46-16-13-38(30-58-46)53(72)68-21-17-36(18-22-68)47(62-51(71)35(3)57-7)54(73)69-20-8-10-43(69)52-61-42(31-77-52)48(70)37-11-14-39(56)15-12-37/h11-16,28-32,35-36,43,47,57H,8-10,17-27H2,1-7H3,(H,62,71)(H2,59,60,63,64,65)/t35?,43?,47-/m0/s1. The minimum absolute atomic E-state index is 0.0756. The molecule has 7 heterocycles. The van der Waals surface area contributed by atoms with Crippen LogP contribution in [0.25, 0.3) is 10.9 Å². The number of amides is 3. The molecule has 3 amide bonds. The highest BCUT2D eigenvalue weighted by Gasteiger charge is 2.42. The fraction of sp³-hybridized carbons (Fsp3) is 0.473. The van der Waals surface area contributed by atoms with Crippen LogP contribution in [0.1, 0.15) is 109 Å². The van der Waals surface area contributed by atoms with Crippen LogP contribution in [0.3, 0.4) is 0 Å². The summed E-state index contributed by atoms with van der Waals surface area (Å²) in [7, 11) is -2.15. The Morgan fingerprint density at radius 3 is 2.31 bits per heavy atom. The molecule has 2 aromatic carbocycles. The highest BCUT2D eigenvalue weighted by molar-refractivity contribution is 7.92. The van der Waals surface area contributed by atoms with E-state index >= 15 is 0 Å². The molecule has 3 fully saturated rings. The molecule has 20 nitrogen and oxygen atoms in total. The zero-order valence-corrected chi connectivity index (χ0v) is 46.8. The fourth-order valence-corrected chi connectivity index (χ4v) is 12.3. The molecule has 3 aliphatic rings. The number of ether oxygens (including phenoxy) is 1. The number of sulfone groups is 1. The monoisotopic (exact) mass is 1110 g/mol. The topological polar surface area (TPSA) is 241 Å². The van der Waals surface area contributed by atoms with Crippen LogP contribution in [-0.4, -0.2) is 160 Å². The van der Waals surface area contributed by atoms with Crippen molar-refractivity contribution in [1.29, 1.82) is 0 Å². The summed E-state index contributed by atoms with van der Waals surface area (Å²) >= 11 is 1.31. The molecule has 2 unspecified atom stereocenters. The Balaban J connectivity index is 0.770. The normalized spacial score (nSPS) is 17.5. The van der Waals surface area contributed by atoms with Gasteiger partial charge in [-0.2, -0.15) is 5.10 Å². The van der Waals surface area contributed by atoms with E-state index in [1.165, 1.54) is 41.9 Å². The fourth-order valence-electron chi connectivity index (χ4n) is 10.1. The Morgan fingerprint density at radius 2 is 1.64 bits per heavy atom. The number of piperazine rings is 1. The maximum Gasteiger partial charge on any atom is 0.255 e. The average Bonchev–Trinajstić information content (AvgIpc) is 4.26. The minimum atomic E-state index is -3.84. The molecule has 0 spiro atoms. The number of likely N-dealkylation sites (N-methyl/N-ethyl adjacent to an activating group) is 1. The molecule has 78 heavy (non-hydrogen) atoms. The van der Waals surface area contributed by atoms with Gasteiger partial charge in [-0.25, -0.2) is 32.7 Å². The van der Waals surface area contributed by atoms with Crippen LogP contribution in [0.5, 0.6) is 5.75 Å². The molecular weight excluding hydrogens is 1040 g/mol. The molecule has 0 radical (unpaired) electrons. The first kappa shape index (κ1) is 55.8. The number of anilines is 3. The molecule has 0 bridgehead atoms. The Morgan fingerprint density at radius 1 is 0.910 bits per heavy atom. The quantitative estimate of drug-likeness (QED) is 0.0537. The highest BCUT2D eigenvalue weighted by atomic mass is 32.2. The van der Waals surface area contributed by atoms with Gasteiger partial charge in [0.25, 0.3) is 5.91 Å². The van der Waals surface area contributed by atoms with Gasteiger partial charge < -0.3 is 35.4 Å². The summed E-state index contributed by atoms with van der Waals surface area (Å²) in [6.07, 6.45) is 6.08. The van der Waals surface area contributed by atoms with Crippen molar-refractivity contribution in [3.05, 3.63) is 105 Å². The van der Waals surface area contributed by atoms with Gasteiger partial charge in [0, 0.05) is 92.2 Å². The number of benzene rings is 2. The first-order valence-electron chi connectivity index (χ1n) is 26.5. The number of aryl methyl sites for hydroxylation is 1. The summed E-state index contributed by atoms with van der Waals surface area (Å²) in [5, 5.41) is 19.4. The van der Waals surface area contributed by atoms with Crippen molar-refractivity contribution >= 4 is 73.0 Å². The SMILES string of the molecule is CNC(C)C(=O)N[C@H](C(=O)N1CCCC1c1nc(C(=O)c2ccc(F)cc2)cs1)C1CCN(C(=O)c2ccc(N3CCN(CCCOc4cc5ncnc(Nc6n[nH]c(C)c6C)c5cc4S(=O)(=O)C(C)(C)C)CC3)nc2)CC1. The second-order valence-electron chi connectivity index (χ2n) is 21.3. The molecule has 23 heteroatoms. The molecule has 0 saturated carbocycles. The molecule has 6 aromatic rings. The molecule has 0 aliphatic carbocycles. The van der Waals surface area contributed by atoms with Crippen molar-refractivity contribution in [2.24, 2.45) is 5.92 Å². The van der Waals surface area contributed by atoms with Crippen LogP contribution in [0.15, 0.2) is 71.3 Å². The summed E-state index contributed by atoms with van der Waals surface area (Å²) in [4.78, 5) is 81.4. The summed E-state index contributed by atoms with van der Waals surface area (Å²) in [5.74, 6) is 0.370. The lowest BCUT2D eigenvalue weighted by atomic mass is 9.87. The third kappa shape index (κ3) is 12.0. The number of thiazole rings is 1. The number of ketones is 1. The number of aromatic nitrogens is 6. The lowest BCUT2D eigenvalue weighted by molar-refractivity contribution is -0.139. The van der Waals surface area contributed by atoms with Gasteiger partial charge in [-0.1, -0.05) is 0 Å². The number of aromatic amines is 1. The van der Waals surface area contributed by atoms with Gasteiger partial charge in [0.1, 0.15) is 51.2 Å². The summed E-state index contributed by atoms with van der Waals surface area (Å²) in [6.45, 7) is 15.9. The van der Waals surface area contributed by atoms with Crippen molar-refractivity contribution in [3.63, 3.8) is 0 Å². The number of nitrogens with one attached hydrogen (secondary N) is 4. The van der Waals surface area contributed by atoms with E-state index in [9.17, 15) is 32.0 Å². The van der Waals surface area contributed by atoms with E-state index in [1.54, 1.807) is 68.3 Å². The van der Waals surface area contributed by atoms with E-state index in [0.29, 0.717) is 90.6 Å². The highest BCUT2D eigenvalue weighted by Crippen LogP contribution is 2.39. The molecular formula is C55H68FN13O7S2. The number of carbonyl (C=O) groups is 4. The number of likely N-dealkylation sites (tertiary alicyclic amines) is 2. The van der Waals surface area contributed by atoms with E-state index in [0.717, 1.165) is 56.2 Å². The van der Waals surface area contributed by atoms with Crippen molar-refractivity contribution < 1.29 is 36.7 Å². The number of nitrogens with zero attached hydrogens (tertiary/aromatic N) is 9. The first-order valence-corrected chi connectivity index (χ1v) is 28.9. The predicted octanol–water partition coefficient (Wildman–Crippen LogP) is 6.41. The van der Waals surface area contributed by atoms with Crippen LogP contribution in [-0.2, 0) is 19.4 Å². The molecule has 3 atom stereocenters. The van der Waals surface area contributed by atoms with Crippen molar-refractivity contribution in [2.45, 2.75) is 101 Å². The van der Waals surface area contributed by atoms with Crippen molar-refractivity contribution in [1.82, 2.24) is 55.5 Å². The first-order chi connectivity index (χ1) is 37.3. The molecule has 4 N–H and O–H groups in total. The Bertz CT molecular complexity index is 3260. The maximum atomic E-state index is 14.6. The molecule has 3 aliphatic heterocycles. The molecule has 9 rings (SSSR count). The number of hydrogen-bond acceptors (Lipinski definition) is 17. The Labute approximate surface area is 457 Å². The van der Waals surface area contributed by atoms with E-state index < -0.39 is 32.5 Å². The third-order valence-electron chi connectivity index (χ3n) is 15.2. The van der Waals surface area contributed by atoms with E-state index in [-0.39, 0.29) is 51.8 Å². The maximum absolute atomic E-state index is 14.6. The van der Waals surface area contributed by atoms with Crippen LogP contribution in [0.2, 0.25) is 0 Å². The van der Waals surface area contributed by atoms with Crippen molar-refractivity contribution in [2.75, 3.05) is 76.2 Å². The lowest BCUT2D eigenvalue weighted by Crippen LogP contribution is -2.57. The summed E-state index contributed by atoms with van der Waals surface area (Å²) < 4.78 is 46.7. The Hall–Kier alpha value is -6.95. The molecule has 4 aromatic heterocycles. The van der Waals surface area contributed by atoms with Gasteiger partial charge >= 0.3 is 0 Å². The zero-order chi connectivity index (χ0) is 55.5. The lowest BCUT2D eigenvalue weighted by Gasteiger charge is -2.38. The van der Waals surface area contributed by atoms with Gasteiger partial charge in [-0.3, -0.25) is 29.2 Å². The van der Waals surface area contributed by atoms with Crippen LogP contribution in [0, 0.1) is 25.6 Å². The minimum Gasteiger partial charge on any atom is -0.492 e. The Kier molecular flexibility index (Phi) is 16.9. The molecule has 414 valence electrons. The largest absolute Gasteiger partial charge is 0.492 e. The van der Waals surface area contributed by atoms with Crippen LogP contribution in [0.4, 0.5) is 21.8 Å². The van der Waals surface area contributed by atoms with Crippen LogP contribution >= 0.6 is 11.3 Å². The average molecular weight is 1110 g/mol. The van der Waals surface area contributed by atoms with Gasteiger partial charge in [-0.15, -0.1) is 11.3 Å². The number of carbonyl (C=O) groups excluding carboxylic acids is 4. The van der Waals surface area contributed by atoms with E-state index in [1.807, 2.05) is 26.0 Å². The van der Waals surface area contributed by atoms with Gasteiger partial charge in [-0.05, 0) is 129 Å². The molecule has 3 saturated heterocycles. The number of piperidine rings is 1. The number of H-pyrrole nitrogens is 1. The third-order valence-corrected chi connectivity index (χ3v) is 18.7.